The van der Waals surface area contributed by atoms with Crippen LogP contribution >= 0.6 is 11.3 Å². The van der Waals surface area contributed by atoms with Gasteiger partial charge in [-0.3, -0.25) is 4.79 Å². The first kappa shape index (κ1) is 17.4. The number of benzene rings is 1. The third-order valence-corrected chi connectivity index (χ3v) is 5.16. The van der Waals surface area contributed by atoms with E-state index >= 15 is 0 Å². The van der Waals surface area contributed by atoms with Crippen LogP contribution in [0.5, 0.6) is 5.75 Å². The van der Waals surface area contributed by atoms with Crippen LogP contribution < -0.4 is 10.5 Å². The highest BCUT2D eigenvalue weighted by atomic mass is 32.1. The number of aliphatic hydroxyl groups excluding tert-OH is 1. The normalized spacial score (nSPS) is 12.5. The number of carbonyl (C=O) groups is 1. The number of aromatic nitrogens is 1. The Bertz CT molecular complexity index is 929. The van der Waals surface area contributed by atoms with E-state index in [1.54, 1.807) is 24.6 Å². The number of hydrogen-bond acceptors (Lipinski definition) is 6. The van der Waals surface area contributed by atoms with Gasteiger partial charge in [-0.1, -0.05) is 6.92 Å². The maximum atomic E-state index is 11.9. The molecular formula is C18H20N2O4S. The van der Waals surface area contributed by atoms with Crippen molar-refractivity contribution in [2.24, 2.45) is 5.73 Å². The molecule has 0 saturated carbocycles. The number of amides is 1. The van der Waals surface area contributed by atoms with Gasteiger partial charge in [-0.2, -0.15) is 0 Å². The highest BCUT2D eigenvalue weighted by Crippen LogP contribution is 2.39. The summed E-state index contributed by atoms with van der Waals surface area (Å²) in [5.74, 6) is 0.268. The van der Waals surface area contributed by atoms with Crippen molar-refractivity contribution < 1.29 is 19.1 Å². The predicted octanol–water partition coefficient (Wildman–Crippen LogP) is 3.28. The van der Waals surface area contributed by atoms with Gasteiger partial charge in [0.25, 0.3) is 5.91 Å². The summed E-state index contributed by atoms with van der Waals surface area (Å²) in [6.45, 7) is 5.79. The van der Waals surface area contributed by atoms with Crippen LogP contribution in [0, 0.1) is 13.8 Å². The Balaban J connectivity index is 2.13. The SMILES string of the molecule is Cc1ncsc1COc1ccc2oc(C)c(C(N)=O)c2c1C(C)CO. The van der Waals surface area contributed by atoms with Crippen molar-refractivity contribution in [2.75, 3.05) is 6.61 Å². The van der Waals surface area contributed by atoms with Gasteiger partial charge in [0.2, 0.25) is 0 Å². The fraction of sp³-hybridized carbons (Fsp3) is 0.333. The average Bonchev–Trinajstić information content (AvgIpc) is 3.13. The Morgan fingerprint density at radius 2 is 2.20 bits per heavy atom. The minimum atomic E-state index is -0.557. The molecule has 0 aliphatic heterocycles. The van der Waals surface area contributed by atoms with E-state index < -0.39 is 5.91 Å². The van der Waals surface area contributed by atoms with Crippen LogP contribution in [0.2, 0.25) is 0 Å². The van der Waals surface area contributed by atoms with Crippen molar-refractivity contribution in [3.05, 3.63) is 45.1 Å². The molecule has 6 nitrogen and oxygen atoms in total. The number of carbonyl (C=O) groups excluding carboxylic acids is 1. The molecule has 1 atom stereocenters. The van der Waals surface area contributed by atoms with E-state index in [2.05, 4.69) is 4.98 Å². The first-order valence-corrected chi connectivity index (χ1v) is 8.80. The molecule has 3 rings (SSSR count). The zero-order valence-corrected chi connectivity index (χ0v) is 15.1. The predicted molar refractivity (Wildman–Crippen MR) is 96.2 cm³/mol. The molecule has 0 bridgehead atoms. The van der Waals surface area contributed by atoms with Crippen LogP contribution in [0.15, 0.2) is 22.1 Å². The van der Waals surface area contributed by atoms with E-state index in [1.807, 2.05) is 13.8 Å². The number of fused-ring (bicyclic) bond motifs is 1. The van der Waals surface area contributed by atoms with Crippen LogP contribution in [-0.2, 0) is 6.61 Å². The van der Waals surface area contributed by atoms with Crippen LogP contribution in [0.25, 0.3) is 11.0 Å². The molecule has 3 aromatic rings. The highest BCUT2D eigenvalue weighted by Gasteiger charge is 2.24. The number of primary amides is 1. The van der Waals surface area contributed by atoms with Gasteiger partial charge in [0.15, 0.2) is 0 Å². The largest absolute Gasteiger partial charge is 0.488 e. The Morgan fingerprint density at radius 3 is 2.80 bits per heavy atom. The molecule has 1 unspecified atom stereocenters. The lowest BCUT2D eigenvalue weighted by atomic mass is 9.94. The summed E-state index contributed by atoms with van der Waals surface area (Å²) in [4.78, 5) is 17.2. The molecule has 7 heteroatoms. The van der Waals surface area contributed by atoms with Crippen LogP contribution in [-0.4, -0.2) is 22.6 Å². The van der Waals surface area contributed by atoms with Crippen molar-refractivity contribution in [1.29, 1.82) is 0 Å². The van der Waals surface area contributed by atoms with Gasteiger partial charge in [-0.25, -0.2) is 4.98 Å². The summed E-state index contributed by atoms with van der Waals surface area (Å²) >= 11 is 1.53. The number of thiazole rings is 1. The van der Waals surface area contributed by atoms with Crippen LogP contribution in [0.3, 0.4) is 0 Å². The maximum absolute atomic E-state index is 11.9. The van der Waals surface area contributed by atoms with Crippen LogP contribution in [0.1, 0.15) is 45.1 Å². The lowest BCUT2D eigenvalue weighted by Crippen LogP contribution is -2.13. The van der Waals surface area contributed by atoms with Crippen molar-refractivity contribution >= 4 is 28.2 Å². The van der Waals surface area contributed by atoms with Gasteiger partial charge in [-0.05, 0) is 26.0 Å². The van der Waals surface area contributed by atoms with Crippen LogP contribution in [0.4, 0.5) is 0 Å². The van der Waals surface area contributed by atoms with E-state index in [-0.39, 0.29) is 12.5 Å². The summed E-state index contributed by atoms with van der Waals surface area (Å²) in [7, 11) is 0. The fourth-order valence-corrected chi connectivity index (χ4v) is 3.61. The Morgan fingerprint density at radius 1 is 1.44 bits per heavy atom. The number of aryl methyl sites for hydroxylation is 2. The highest BCUT2D eigenvalue weighted by molar-refractivity contribution is 7.09. The Hall–Kier alpha value is -2.38. The summed E-state index contributed by atoms with van der Waals surface area (Å²) < 4.78 is 11.7. The molecule has 0 radical (unpaired) electrons. The van der Waals surface area contributed by atoms with Crippen molar-refractivity contribution in [2.45, 2.75) is 33.3 Å². The van der Waals surface area contributed by atoms with E-state index in [9.17, 15) is 9.90 Å². The van der Waals surface area contributed by atoms with E-state index in [1.165, 1.54) is 11.3 Å². The third kappa shape index (κ3) is 3.12. The standard InChI is InChI=1S/C18H20N2O4S/c1-9(6-21)15-12(23-7-14-10(2)20-8-25-14)4-5-13-17(15)16(18(19)22)11(3)24-13/h4-5,8-9,21H,6-7H2,1-3H3,(H2,19,22). The monoisotopic (exact) mass is 360 g/mol. The van der Waals surface area contributed by atoms with Gasteiger partial charge in [0, 0.05) is 23.5 Å². The zero-order valence-electron chi connectivity index (χ0n) is 14.3. The molecular weight excluding hydrogens is 340 g/mol. The third-order valence-electron chi connectivity index (χ3n) is 4.25. The number of rotatable bonds is 6. The molecule has 25 heavy (non-hydrogen) atoms. The molecule has 3 N–H and O–H groups in total. The first-order valence-electron chi connectivity index (χ1n) is 7.92. The van der Waals surface area contributed by atoms with Gasteiger partial charge in [0.1, 0.15) is 23.7 Å². The molecule has 0 fully saturated rings. The minimum absolute atomic E-state index is 0.0858. The Labute approximate surface area is 149 Å². The molecule has 1 amide bonds. The summed E-state index contributed by atoms with van der Waals surface area (Å²) in [6.07, 6.45) is 0. The van der Waals surface area contributed by atoms with Crippen molar-refractivity contribution in [1.82, 2.24) is 4.98 Å². The van der Waals surface area contributed by atoms with Gasteiger partial charge in [-0.15, -0.1) is 11.3 Å². The summed E-state index contributed by atoms with van der Waals surface area (Å²) in [6, 6.07) is 3.56. The second-order valence-corrected chi connectivity index (χ2v) is 6.92. The molecule has 2 aromatic heterocycles. The maximum Gasteiger partial charge on any atom is 0.252 e. The van der Waals surface area contributed by atoms with Crippen molar-refractivity contribution in [3.63, 3.8) is 0 Å². The Kier molecular flexibility index (Phi) is 4.78. The second kappa shape index (κ2) is 6.85. The molecule has 2 heterocycles. The average molecular weight is 360 g/mol. The topological polar surface area (TPSA) is 98.6 Å². The number of furan rings is 1. The quantitative estimate of drug-likeness (QED) is 0.703. The van der Waals surface area contributed by atoms with E-state index in [0.29, 0.717) is 34.6 Å². The van der Waals surface area contributed by atoms with E-state index in [0.717, 1.165) is 16.1 Å². The van der Waals surface area contributed by atoms with Gasteiger partial charge in [0.05, 0.1) is 21.6 Å². The molecule has 132 valence electrons. The number of nitrogens with zero attached hydrogens (tertiary/aromatic N) is 1. The number of hydrogen-bond donors (Lipinski definition) is 2. The second-order valence-electron chi connectivity index (χ2n) is 5.98. The van der Waals surface area contributed by atoms with Crippen molar-refractivity contribution in [3.8, 4) is 5.75 Å². The summed E-state index contributed by atoms with van der Waals surface area (Å²) in [5, 5.41) is 10.3. The molecule has 0 aliphatic rings. The molecule has 0 aliphatic carbocycles. The fourth-order valence-electron chi connectivity index (χ4n) is 2.93. The van der Waals surface area contributed by atoms with Gasteiger partial charge < -0.3 is 20.0 Å². The number of nitrogens with two attached hydrogens (primary N) is 1. The first-order chi connectivity index (χ1) is 11.9. The molecule has 1 aromatic carbocycles. The van der Waals surface area contributed by atoms with Gasteiger partial charge >= 0.3 is 0 Å². The minimum Gasteiger partial charge on any atom is -0.488 e. The number of ether oxygens (including phenoxy) is 1. The lowest BCUT2D eigenvalue weighted by Gasteiger charge is -2.17. The van der Waals surface area contributed by atoms with E-state index in [4.69, 9.17) is 14.9 Å². The lowest BCUT2D eigenvalue weighted by molar-refractivity contribution is 0.1000. The summed E-state index contributed by atoms with van der Waals surface area (Å²) in [5.41, 5.74) is 9.88. The molecule has 0 saturated heterocycles. The smallest absolute Gasteiger partial charge is 0.252 e. The zero-order chi connectivity index (χ0) is 18.1. The molecule has 0 spiro atoms. The number of aliphatic hydroxyl groups is 1.